The number of nitrogens with two attached hydrogens (primary N) is 1. The standard InChI is InChI=1S/C13H23N5O/c1-10(11-7-15-17(2)8-11)16-12-3-5-18(6-4-12)9-13(14)19/h7-8,10,12,16H,3-6,9H2,1-2H3,(H2,14,19). The van der Waals surface area contributed by atoms with Crippen LogP contribution in [-0.2, 0) is 11.8 Å². The fraction of sp³-hybridized carbons (Fsp3) is 0.692. The van der Waals surface area contributed by atoms with Crippen molar-refractivity contribution in [2.75, 3.05) is 19.6 Å². The number of hydrogen-bond donors (Lipinski definition) is 2. The van der Waals surface area contributed by atoms with Gasteiger partial charge in [0.05, 0.1) is 12.7 Å². The average molecular weight is 265 g/mol. The summed E-state index contributed by atoms with van der Waals surface area (Å²) < 4.78 is 1.82. The third-order valence-electron chi connectivity index (χ3n) is 3.68. The lowest BCUT2D eigenvalue weighted by Crippen LogP contribution is -2.45. The molecule has 1 fully saturated rings. The third kappa shape index (κ3) is 4.04. The topological polar surface area (TPSA) is 76.2 Å². The van der Waals surface area contributed by atoms with Gasteiger partial charge in [0.2, 0.25) is 5.91 Å². The number of aromatic nitrogens is 2. The van der Waals surface area contributed by atoms with Crippen molar-refractivity contribution in [3.05, 3.63) is 18.0 Å². The van der Waals surface area contributed by atoms with Crippen LogP contribution in [0.25, 0.3) is 0 Å². The molecule has 3 N–H and O–H groups in total. The van der Waals surface area contributed by atoms with Gasteiger partial charge in [0.1, 0.15) is 0 Å². The zero-order chi connectivity index (χ0) is 13.8. The molecule has 1 saturated heterocycles. The number of aryl methyl sites for hydroxylation is 1. The van der Waals surface area contributed by atoms with E-state index in [9.17, 15) is 4.79 Å². The molecule has 1 amide bonds. The summed E-state index contributed by atoms with van der Waals surface area (Å²) in [7, 11) is 1.93. The first kappa shape index (κ1) is 14.0. The van der Waals surface area contributed by atoms with E-state index in [0.29, 0.717) is 18.6 Å². The molecule has 0 radical (unpaired) electrons. The van der Waals surface area contributed by atoms with Crippen molar-refractivity contribution < 1.29 is 4.79 Å². The fourth-order valence-corrected chi connectivity index (χ4v) is 2.59. The Morgan fingerprint density at radius 1 is 1.58 bits per heavy atom. The van der Waals surface area contributed by atoms with E-state index in [1.54, 1.807) is 0 Å². The molecule has 0 aliphatic carbocycles. The highest BCUT2D eigenvalue weighted by atomic mass is 16.1. The van der Waals surface area contributed by atoms with E-state index in [-0.39, 0.29) is 5.91 Å². The summed E-state index contributed by atoms with van der Waals surface area (Å²) in [6, 6.07) is 0.806. The first-order valence-corrected chi connectivity index (χ1v) is 6.80. The van der Waals surface area contributed by atoms with Crippen LogP contribution in [-0.4, -0.2) is 46.3 Å². The summed E-state index contributed by atoms with van der Waals surface area (Å²) in [5, 5.41) is 7.82. The van der Waals surface area contributed by atoms with E-state index in [4.69, 9.17) is 5.73 Å². The van der Waals surface area contributed by atoms with Gasteiger partial charge in [-0.15, -0.1) is 0 Å². The molecular weight excluding hydrogens is 242 g/mol. The van der Waals surface area contributed by atoms with Gasteiger partial charge in [0.15, 0.2) is 0 Å². The van der Waals surface area contributed by atoms with Crippen molar-refractivity contribution in [1.82, 2.24) is 20.0 Å². The Kier molecular flexibility index (Phi) is 4.55. The van der Waals surface area contributed by atoms with Crippen molar-refractivity contribution >= 4 is 5.91 Å². The smallest absolute Gasteiger partial charge is 0.231 e. The number of rotatable bonds is 5. The van der Waals surface area contributed by atoms with Crippen LogP contribution >= 0.6 is 0 Å². The van der Waals surface area contributed by atoms with Crippen molar-refractivity contribution in [3.8, 4) is 0 Å². The molecule has 1 unspecified atom stereocenters. The predicted octanol–water partition coefficient (Wildman–Crippen LogP) is 0.0204. The zero-order valence-electron chi connectivity index (χ0n) is 11.7. The highest BCUT2D eigenvalue weighted by molar-refractivity contribution is 5.75. The highest BCUT2D eigenvalue weighted by Crippen LogP contribution is 2.16. The predicted molar refractivity (Wildman–Crippen MR) is 73.4 cm³/mol. The molecule has 0 bridgehead atoms. The SMILES string of the molecule is CC(NC1CCN(CC(N)=O)CC1)c1cnn(C)c1. The van der Waals surface area contributed by atoms with Crippen molar-refractivity contribution in [1.29, 1.82) is 0 Å². The lowest BCUT2D eigenvalue weighted by atomic mass is 10.0. The molecule has 0 aromatic carbocycles. The lowest BCUT2D eigenvalue weighted by molar-refractivity contribution is -0.119. The van der Waals surface area contributed by atoms with E-state index in [2.05, 4.69) is 22.2 Å². The maximum absolute atomic E-state index is 10.9. The van der Waals surface area contributed by atoms with Crippen LogP contribution in [0.2, 0.25) is 0 Å². The molecule has 2 rings (SSSR count). The Labute approximate surface area is 113 Å². The van der Waals surface area contributed by atoms with Gasteiger partial charge in [-0.2, -0.15) is 5.10 Å². The normalized spacial score (nSPS) is 19.5. The Balaban J connectivity index is 1.77. The van der Waals surface area contributed by atoms with Crippen LogP contribution in [0.5, 0.6) is 0 Å². The van der Waals surface area contributed by atoms with Crippen LogP contribution in [0.3, 0.4) is 0 Å². The van der Waals surface area contributed by atoms with Gasteiger partial charge in [-0.25, -0.2) is 0 Å². The summed E-state index contributed by atoms with van der Waals surface area (Å²) >= 11 is 0. The van der Waals surface area contributed by atoms with Crippen molar-refractivity contribution in [3.63, 3.8) is 0 Å². The molecule has 1 aromatic rings. The number of piperidine rings is 1. The van der Waals surface area contributed by atoms with Gasteiger partial charge in [-0.1, -0.05) is 0 Å². The molecule has 1 atom stereocenters. The minimum atomic E-state index is -0.241. The van der Waals surface area contributed by atoms with Gasteiger partial charge in [-0.3, -0.25) is 14.4 Å². The molecule has 106 valence electrons. The van der Waals surface area contributed by atoms with Crippen LogP contribution in [0.4, 0.5) is 0 Å². The highest BCUT2D eigenvalue weighted by Gasteiger charge is 2.21. The quantitative estimate of drug-likeness (QED) is 0.787. The minimum Gasteiger partial charge on any atom is -0.369 e. The molecule has 1 aromatic heterocycles. The van der Waals surface area contributed by atoms with E-state index in [0.717, 1.165) is 25.9 Å². The summed E-state index contributed by atoms with van der Waals surface area (Å²) in [6.45, 7) is 4.40. The molecule has 1 aliphatic heterocycles. The second-order valence-electron chi connectivity index (χ2n) is 5.35. The Bertz CT molecular complexity index is 422. The number of likely N-dealkylation sites (tertiary alicyclic amines) is 1. The molecule has 0 spiro atoms. The van der Waals surface area contributed by atoms with Crippen molar-refractivity contribution in [2.45, 2.75) is 31.8 Å². The molecule has 1 aliphatic rings. The average Bonchev–Trinajstić information content (AvgIpc) is 2.78. The van der Waals surface area contributed by atoms with Crippen LogP contribution < -0.4 is 11.1 Å². The Morgan fingerprint density at radius 2 is 2.26 bits per heavy atom. The number of carbonyl (C=O) groups is 1. The summed E-state index contributed by atoms with van der Waals surface area (Å²) in [4.78, 5) is 13.0. The van der Waals surface area contributed by atoms with E-state index in [1.807, 2.05) is 24.1 Å². The second kappa shape index (κ2) is 6.16. The summed E-state index contributed by atoms with van der Waals surface area (Å²) in [5.74, 6) is -0.241. The lowest BCUT2D eigenvalue weighted by Gasteiger charge is -2.33. The zero-order valence-corrected chi connectivity index (χ0v) is 11.7. The van der Waals surface area contributed by atoms with E-state index < -0.39 is 0 Å². The van der Waals surface area contributed by atoms with Gasteiger partial charge < -0.3 is 11.1 Å². The first-order chi connectivity index (χ1) is 9.04. The third-order valence-corrected chi connectivity index (χ3v) is 3.68. The number of carbonyl (C=O) groups excluding carboxylic acids is 1. The van der Waals surface area contributed by atoms with Crippen LogP contribution in [0.1, 0.15) is 31.4 Å². The molecule has 2 heterocycles. The van der Waals surface area contributed by atoms with Gasteiger partial charge in [0.25, 0.3) is 0 Å². The maximum atomic E-state index is 10.9. The van der Waals surface area contributed by atoms with Gasteiger partial charge >= 0.3 is 0 Å². The number of nitrogens with zero attached hydrogens (tertiary/aromatic N) is 3. The largest absolute Gasteiger partial charge is 0.369 e. The molecule has 19 heavy (non-hydrogen) atoms. The van der Waals surface area contributed by atoms with Crippen molar-refractivity contribution in [2.24, 2.45) is 12.8 Å². The second-order valence-corrected chi connectivity index (χ2v) is 5.35. The number of primary amides is 1. The minimum absolute atomic E-state index is 0.241. The Hall–Kier alpha value is -1.40. The molecule has 0 saturated carbocycles. The number of nitrogens with one attached hydrogen (secondary N) is 1. The first-order valence-electron chi connectivity index (χ1n) is 6.80. The van der Waals surface area contributed by atoms with E-state index >= 15 is 0 Å². The van der Waals surface area contributed by atoms with E-state index in [1.165, 1.54) is 5.56 Å². The monoisotopic (exact) mass is 265 g/mol. The van der Waals surface area contributed by atoms with Gasteiger partial charge in [-0.05, 0) is 19.8 Å². The molecular formula is C13H23N5O. The summed E-state index contributed by atoms with van der Waals surface area (Å²) in [5.41, 5.74) is 6.42. The maximum Gasteiger partial charge on any atom is 0.231 e. The fourth-order valence-electron chi connectivity index (χ4n) is 2.59. The summed E-state index contributed by atoms with van der Waals surface area (Å²) in [6.07, 6.45) is 6.05. The number of hydrogen-bond acceptors (Lipinski definition) is 4. The molecule has 6 nitrogen and oxygen atoms in total. The van der Waals surface area contributed by atoms with Crippen LogP contribution in [0, 0.1) is 0 Å². The van der Waals surface area contributed by atoms with Gasteiger partial charge in [0, 0.05) is 44.0 Å². The van der Waals surface area contributed by atoms with Crippen LogP contribution in [0.15, 0.2) is 12.4 Å². The molecule has 6 heteroatoms. The number of amides is 1. The Morgan fingerprint density at radius 3 is 2.79 bits per heavy atom.